The molecule has 0 bridgehead atoms. The van der Waals surface area contributed by atoms with E-state index >= 15 is 0 Å². The summed E-state index contributed by atoms with van der Waals surface area (Å²) in [6.45, 7) is -0.672. The smallest absolute Gasteiger partial charge is 0.330 e. The molecule has 2 rings (SSSR count). The largest absolute Gasteiger partial charge is 0.406 e. The van der Waals surface area contributed by atoms with Gasteiger partial charge in [-0.1, -0.05) is 0 Å². The highest BCUT2D eigenvalue weighted by Crippen LogP contribution is 2.24. The van der Waals surface area contributed by atoms with Gasteiger partial charge in [-0.25, -0.2) is 4.79 Å². The van der Waals surface area contributed by atoms with Gasteiger partial charge in [0.15, 0.2) is 0 Å². The molecule has 1 aliphatic rings. The predicted molar refractivity (Wildman–Crippen MR) is 69.0 cm³/mol. The van der Waals surface area contributed by atoms with Crippen LogP contribution in [0.1, 0.15) is 24.6 Å². The lowest BCUT2D eigenvalue weighted by atomic mass is 9.98. The number of hydrogen-bond acceptors (Lipinski definition) is 5. The zero-order valence-electron chi connectivity index (χ0n) is 10.3. The van der Waals surface area contributed by atoms with E-state index < -0.39 is 24.1 Å². The van der Waals surface area contributed by atoms with Crippen LogP contribution in [0.5, 0.6) is 0 Å². The van der Waals surface area contributed by atoms with Crippen molar-refractivity contribution in [3.63, 3.8) is 0 Å². The van der Waals surface area contributed by atoms with Crippen molar-refractivity contribution in [3.05, 3.63) is 32.6 Å². The number of aromatic amines is 1. The molecule has 2 heterocycles. The maximum atomic E-state index is 11.5. The molecular weight excluding hydrogens is 250 g/mol. The molecule has 0 aliphatic carbocycles. The summed E-state index contributed by atoms with van der Waals surface area (Å²) >= 11 is 0. The highest BCUT2D eigenvalue weighted by Gasteiger charge is 2.24. The summed E-state index contributed by atoms with van der Waals surface area (Å²) in [5, 5.41) is 16.3. The standard InChI is InChI=1S/C9H11BN2O4.CH3BO/c10-6-1-2-7(16-6)12-3-5(4-13)8(14)11-9(12)15;2-1-3/h3,6-7,13H,1-2,4H2,(H,11,14,15);3H,1H2/t6-,7?;/m0./s1. The highest BCUT2D eigenvalue weighted by atomic mass is 16.5. The molecular formula is C10H14B2N2O5. The topological polar surface area (TPSA) is 105 Å². The Hall–Kier alpha value is -1.31. The lowest BCUT2D eigenvalue weighted by Gasteiger charge is -2.14. The van der Waals surface area contributed by atoms with Gasteiger partial charge >= 0.3 is 5.69 Å². The molecule has 0 amide bonds. The van der Waals surface area contributed by atoms with Crippen molar-refractivity contribution in [2.45, 2.75) is 31.7 Å². The second-order valence-electron chi connectivity index (χ2n) is 3.87. The summed E-state index contributed by atoms with van der Waals surface area (Å²) in [6.07, 6.45) is 2.11. The van der Waals surface area contributed by atoms with Crippen LogP contribution in [0, 0.1) is 0 Å². The number of hydrogen-bond donors (Lipinski definition) is 3. The van der Waals surface area contributed by atoms with Gasteiger partial charge in [-0.3, -0.25) is 14.3 Å². The first-order valence-corrected chi connectivity index (χ1v) is 5.70. The average Bonchev–Trinajstić information content (AvgIpc) is 2.77. The van der Waals surface area contributed by atoms with Crippen LogP contribution in [0.25, 0.3) is 0 Å². The van der Waals surface area contributed by atoms with Crippen molar-refractivity contribution in [2.75, 3.05) is 6.51 Å². The third-order valence-corrected chi connectivity index (χ3v) is 2.55. The summed E-state index contributed by atoms with van der Waals surface area (Å²) in [5.41, 5.74) is -1.00. The fourth-order valence-corrected chi connectivity index (χ4v) is 1.70. The first kappa shape index (κ1) is 15.7. The van der Waals surface area contributed by atoms with Gasteiger partial charge < -0.3 is 14.9 Å². The highest BCUT2D eigenvalue weighted by molar-refractivity contribution is 6.11. The van der Waals surface area contributed by atoms with Crippen LogP contribution < -0.4 is 11.2 Å². The summed E-state index contributed by atoms with van der Waals surface area (Å²) in [6, 6.07) is -0.388. The predicted octanol–water partition coefficient (Wildman–Crippen LogP) is -2.06. The van der Waals surface area contributed by atoms with Crippen LogP contribution in [0.2, 0.25) is 0 Å². The Morgan fingerprint density at radius 1 is 1.42 bits per heavy atom. The number of ether oxygens (including phenoxy) is 1. The quantitative estimate of drug-likeness (QED) is 0.532. The zero-order valence-corrected chi connectivity index (χ0v) is 10.3. The van der Waals surface area contributed by atoms with Crippen molar-refractivity contribution in [1.29, 1.82) is 0 Å². The molecule has 0 aromatic carbocycles. The van der Waals surface area contributed by atoms with Gasteiger partial charge in [-0.05, 0) is 12.8 Å². The van der Waals surface area contributed by atoms with Crippen LogP contribution in [-0.2, 0) is 11.3 Å². The molecule has 19 heavy (non-hydrogen) atoms. The van der Waals surface area contributed by atoms with E-state index in [1.807, 2.05) is 0 Å². The Morgan fingerprint density at radius 3 is 2.53 bits per heavy atom. The Bertz CT molecular complexity index is 515. The monoisotopic (exact) mass is 264 g/mol. The lowest BCUT2D eigenvalue weighted by Crippen LogP contribution is -2.34. The maximum Gasteiger partial charge on any atom is 0.330 e. The molecule has 0 saturated carbocycles. The zero-order chi connectivity index (χ0) is 14.4. The third-order valence-electron chi connectivity index (χ3n) is 2.55. The van der Waals surface area contributed by atoms with Crippen molar-refractivity contribution < 1.29 is 14.9 Å². The fraction of sp³-hybridized carbons (Fsp3) is 0.600. The van der Waals surface area contributed by atoms with Gasteiger partial charge in [0.25, 0.3) is 5.56 Å². The molecule has 2 atom stereocenters. The van der Waals surface area contributed by atoms with Gasteiger partial charge in [0, 0.05) is 18.7 Å². The second-order valence-corrected chi connectivity index (χ2v) is 3.87. The number of nitrogens with one attached hydrogen (secondary N) is 1. The molecule has 1 saturated heterocycles. The van der Waals surface area contributed by atoms with Crippen LogP contribution in [0.15, 0.2) is 15.8 Å². The van der Waals surface area contributed by atoms with Gasteiger partial charge in [0.1, 0.15) is 21.9 Å². The molecule has 1 aromatic rings. The average molecular weight is 264 g/mol. The minimum Gasteiger partial charge on any atom is -0.406 e. The van der Waals surface area contributed by atoms with Gasteiger partial charge in [0.05, 0.1) is 12.2 Å². The SMILES string of the molecule is [B]CO.[B][C@@H]1CCC(n2cc(CO)c(=O)[nH]c2=O)O1. The molecule has 1 unspecified atom stereocenters. The van der Waals surface area contributed by atoms with E-state index in [-0.39, 0.29) is 18.1 Å². The van der Waals surface area contributed by atoms with E-state index in [2.05, 4.69) is 12.8 Å². The Kier molecular flexibility index (Phi) is 6.07. The molecule has 1 aliphatic heterocycles. The summed E-state index contributed by atoms with van der Waals surface area (Å²) in [5.74, 6) is 0. The maximum absolute atomic E-state index is 11.5. The minimum absolute atomic E-state index is 0.128. The van der Waals surface area contributed by atoms with Crippen LogP contribution in [0.4, 0.5) is 0 Å². The van der Waals surface area contributed by atoms with Crippen LogP contribution in [0.3, 0.4) is 0 Å². The lowest BCUT2D eigenvalue weighted by molar-refractivity contribution is 0.0336. The molecule has 7 nitrogen and oxygen atoms in total. The van der Waals surface area contributed by atoms with Gasteiger partial charge in [-0.2, -0.15) is 0 Å². The molecule has 1 fully saturated rings. The third kappa shape index (κ3) is 4.09. The van der Waals surface area contributed by atoms with Crippen molar-refractivity contribution in [2.24, 2.45) is 0 Å². The number of aliphatic hydroxyl groups is 2. The van der Waals surface area contributed by atoms with E-state index in [0.29, 0.717) is 12.8 Å². The Morgan fingerprint density at radius 2 is 2.05 bits per heavy atom. The van der Waals surface area contributed by atoms with Gasteiger partial charge in [-0.15, -0.1) is 0 Å². The summed E-state index contributed by atoms with van der Waals surface area (Å²) in [4.78, 5) is 24.8. The molecule has 100 valence electrons. The molecule has 1 aromatic heterocycles. The normalized spacial score (nSPS) is 21.8. The van der Waals surface area contributed by atoms with Crippen molar-refractivity contribution >= 4 is 15.7 Å². The molecule has 9 heteroatoms. The molecule has 4 radical (unpaired) electrons. The summed E-state index contributed by atoms with van der Waals surface area (Å²) in [7, 11) is 9.96. The van der Waals surface area contributed by atoms with E-state index in [1.54, 1.807) is 0 Å². The van der Waals surface area contributed by atoms with E-state index in [0.717, 1.165) is 0 Å². The van der Waals surface area contributed by atoms with Crippen LogP contribution in [-0.4, -0.2) is 48.0 Å². The number of rotatable bonds is 2. The first-order valence-electron chi connectivity index (χ1n) is 5.70. The van der Waals surface area contributed by atoms with Gasteiger partial charge in [0.2, 0.25) is 0 Å². The van der Waals surface area contributed by atoms with Crippen molar-refractivity contribution in [1.82, 2.24) is 9.55 Å². The Balaban J connectivity index is 0.000000550. The molecule has 0 spiro atoms. The van der Waals surface area contributed by atoms with E-state index in [9.17, 15) is 9.59 Å². The van der Waals surface area contributed by atoms with Crippen LogP contribution >= 0.6 is 0 Å². The van der Waals surface area contributed by atoms with E-state index in [4.69, 9.17) is 22.8 Å². The second kappa shape index (κ2) is 7.32. The number of aliphatic hydroxyl groups excluding tert-OH is 2. The first-order chi connectivity index (χ1) is 9.03. The Labute approximate surface area is 112 Å². The van der Waals surface area contributed by atoms with Crippen molar-refractivity contribution in [3.8, 4) is 0 Å². The summed E-state index contributed by atoms with van der Waals surface area (Å²) < 4.78 is 6.55. The number of aromatic nitrogens is 2. The number of nitrogens with zero attached hydrogens (tertiary/aromatic N) is 1. The fourth-order valence-electron chi connectivity index (χ4n) is 1.70. The number of H-pyrrole nitrogens is 1. The molecule has 3 N–H and O–H groups in total. The van der Waals surface area contributed by atoms with E-state index in [1.165, 1.54) is 10.8 Å². The minimum atomic E-state index is -0.578.